The normalized spacial score (nSPS) is 17.5. The third-order valence-corrected chi connectivity index (χ3v) is 3.34. The molecule has 0 radical (unpaired) electrons. The zero-order chi connectivity index (χ0) is 11.2. The Morgan fingerprint density at radius 1 is 1.12 bits per heavy atom. The first kappa shape index (κ1) is 11.5. The van der Waals surface area contributed by atoms with Crippen molar-refractivity contribution < 1.29 is 0 Å². The maximum atomic E-state index is 5.76. The lowest BCUT2D eigenvalue weighted by Gasteiger charge is -2.26. The van der Waals surface area contributed by atoms with Gasteiger partial charge in [0.05, 0.1) is 0 Å². The smallest absolute Gasteiger partial charge is 0.0316 e. The molecule has 0 spiro atoms. The molecule has 1 saturated heterocycles. The van der Waals surface area contributed by atoms with Gasteiger partial charge in [-0.2, -0.15) is 0 Å². The predicted molar refractivity (Wildman–Crippen MR) is 69.5 cm³/mol. The number of nitrogens with two attached hydrogens (primary N) is 1. The fraction of sp³-hybridized carbons (Fsp3) is 0.571. The largest absolute Gasteiger partial charge is 0.399 e. The highest BCUT2D eigenvalue weighted by molar-refractivity contribution is 5.40. The Bertz CT molecular complexity index is 316. The summed E-state index contributed by atoms with van der Waals surface area (Å²) >= 11 is 0. The lowest BCUT2D eigenvalue weighted by atomic mass is 10.1. The van der Waals surface area contributed by atoms with Crippen molar-refractivity contribution in [1.29, 1.82) is 0 Å². The van der Waals surface area contributed by atoms with Crippen LogP contribution in [0.25, 0.3) is 0 Å². The van der Waals surface area contributed by atoms with E-state index in [1.807, 2.05) is 12.1 Å². The second-order valence-corrected chi connectivity index (χ2v) is 4.75. The molecule has 16 heavy (non-hydrogen) atoms. The molecule has 0 aliphatic carbocycles. The highest BCUT2D eigenvalue weighted by Gasteiger charge is 2.08. The molecule has 2 heteroatoms. The predicted octanol–water partition coefficient (Wildman–Crippen LogP) is 2.69. The van der Waals surface area contributed by atoms with E-state index >= 15 is 0 Å². The summed E-state index contributed by atoms with van der Waals surface area (Å²) in [6, 6.07) is 8.27. The molecule has 1 aliphatic rings. The Hall–Kier alpha value is -1.02. The number of rotatable bonds is 4. The summed E-state index contributed by atoms with van der Waals surface area (Å²) in [5.74, 6) is 0. The van der Waals surface area contributed by atoms with Crippen molar-refractivity contribution in [2.45, 2.75) is 32.1 Å². The number of piperidine rings is 1. The van der Waals surface area contributed by atoms with Crippen molar-refractivity contribution in [3.63, 3.8) is 0 Å². The number of likely N-dealkylation sites (tertiary alicyclic amines) is 1. The third-order valence-electron chi connectivity index (χ3n) is 3.34. The first-order valence-electron chi connectivity index (χ1n) is 6.41. The number of hydrogen-bond acceptors (Lipinski definition) is 2. The van der Waals surface area contributed by atoms with Gasteiger partial charge in [0.2, 0.25) is 0 Å². The molecule has 1 aromatic carbocycles. The van der Waals surface area contributed by atoms with Crippen molar-refractivity contribution in [2.75, 3.05) is 25.4 Å². The van der Waals surface area contributed by atoms with Crippen molar-refractivity contribution in [3.8, 4) is 0 Å². The molecule has 0 atom stereocenters. The number of nitrogens with zero attached hydrogens (tertiary/aromatic N) is 1. The van der Waals surface area contributed by atoms with Crippen LogP contribution in [-0.4, -0.2) is 24.5 Å². The minimum atomic E-state index is 0.885. The van der Waals surface area contributed by atoms with Crippen LogP contribution < -0.4 is 5.73 Å². The monoisotopic (exact) mass is 218 g/mol. The average Bonchev–Trinajstić information content (AvgIpc) is 2.30. The summed E-state index contributed by atoms with van der Waals surface area (Å²) in [4.78, 5) is 2.59. The molecule has 0 unspecified atom stereocenters. The second-order valence-electron chi connectivity index (χ2n) is 4.75. The van der Waals surface area contributed by atoms with E-state index in [9.17, 15) is 0 Å². The van der Waals surface area contributed by atoms with Crippen LogP contribution in [0.1, 0.15) is 31.2 Å². The molecule has 2 nitrogen and oxygen atoms in total. The lowest BCUT2D eigenvalue weighted by Crippen LogP contribution is -2.30. The summed E-state index contributed by atoms with van der Waals surface area (Å²) in [6.07, 6.45) is 6.60. The van der Waals surface area contributed by atoms with Crippen molar-refractivity contribution >= 4 is 5.69 Å². The number of hydrogen-bond donors (Lipinski definition) is 1. The fourth-order valence-electron chi connectivity index (χ4n) is 2.44. The van der Waals surface area contributed by atoms with Crippen LogP contribution in [0.2, 0.25) is 0 Å². The molecule has 1 fully saturated rings. The first-order valence-corrected chi connectivity index (χ1v) is 6.41. The Morgan fingerprint density at radius 3 is 2.69 bits per heavy atom. The zero-order valence-electron chi connectivity index (χ0n) is 9.99. The molecule has 1 aliphatic heterocycles. The maximum absolute atomic E-state index is 5.76. The van der Waals surface area contributed by atoms with Crippen LogP contribution in [0.4, 0.5) is 5.69 Å². The van der Waals surface area contributed by atoms with Crippen LogP contribution in [-0.2, 0) is 6.42 Å². The number of benzene rings is 1. The van der Waals surface area contributed by atoms with E-state index in [1.54, 1.807) is 0 Å². The summed E-state index contributed by atoms with van der Waals surface area (Å²) < 4.78 is 0. The lowest BCUT2D eigenvalue weighted by molar-refractivity contribution is 0.226. The SMILES string of the molecule is Nc1cccc(CCCN2CCCCC2)c1. The summed E-state index contributed by atoms with van der Waals surface area (Å²) in [6.45, 7) is 3.85. The van der Waals surface area contributed by atoms with Crippen LogP contribution in [0.15, 0.2) is 24.3 Å². The molecule has 88 valence electrons. The molecule has 1 aromatic rings. The van der Waals surface area contributed by atoms with Gasteiger partial charge < -0.3 is 10.6 Å². The Labute approximate surface area is 98.4 Å². The second kappa shape index (κ2) is 5.90. The van der Waals surface area contributed by atoms with E-state index < -0.39 is 0 Å². The van der Waals surface area contributed by atoms with Gasteiger partial charge in [-0.15, -0.1) is 0 Å². The quantitative estimate of drug-likeness (QED) is 0.787. The van der Waals surface area contributed by atoms with Gasteiger partial charge in [0.25, 0.3) is 0 Å². The van der Waals surface area contributed by atoms with E-state index in [0.29, 0.717) is 0 Å². The van der Waals surface area contributed by atoms with Gasteiger partial charge in [0, 0.05) is 5.69 Å². The molecule has 1 heterocycles. The minimum absolute atomic E-state index is 0.885. The topological polar surface area (TPSA) is 29.3 Å². The van der Waals surface area contributed by atoms with Gasteiger partial charge in [0.1, 0.15) is 0 Å². The summed E-state index contributed by atoms with van der Waals surface area (Å²) in [7, 11) is 0. The van der Waals surface area contributed by atoms with Gasteiger partial charge in [-0.25, -0.2) is 0 Å². The highest BCUT2D eigenvalue weighted by Crippen LogP contribution is 2.12. The van der Waals surface area contributed by atoms with E-state index in [4.69, 9.17) is 5.73 Å². The molecule has 0 bridgehead atoms. The third kappa shape index (κ3) is 3.53. The first-order chi connectivity index (χ1) is 7.84. The molecular formula is C14H22N2. The van der Waals surface area contributed by atoms with Crippen LogP contribution in [0.5, 0.6) is 0 Å². The minimum Gasteiger partial charge on any atom is -0.399 e. The number of aryl methyl sites for hydroxylation is 1. The van der Waals surface area contributed by atoms with Crippen LogP contribution in [0.3, 0.4) is 0 Å². The summed E-state index contributed by atoms with van der Waals surface area (Å²) in [5.41, 5.74) is 8.02. The van der Waals surface area contributed by atoms with Crippen LogP contribution >= 0.6 is 0 Å². The van der Waals surface area contributed by atoms with E-state index in [2.05, 4.69) is 17.0 Å². The van der Waals surface area contributed by atoms with E-state index in [-0.39, 0.29) is 0 Å². The summed E-state index contributed by atoms with van der Waals surface area (Å²) in [5, 5.41) is 0. The molecular weight excluding hydrogens is 196 g/mol. The van der Waals surface area contributed by atoms with Gasteiger partial charge >= 0.3 is 0 Å². The Morgan fingerprint density at radius 2 is 1.94 bits per heavy atom. The molecule has 2 N–H and O–H groups in total. The molecule has 2 rings (SSSR count). The average molecular weight is 218 g/mol. The fourth-order valence-corrected chi connectivity index (χ4v) is 2.44. The highest BCUT2D eigenvalue weighted by atomic mass is 15.1. The standard InChI is InChI=1S/C14H22N2/c15-14-8-4-6-13(12-14)7-5-11-16-9-2-1-3-10-16/h4,6,8,12H,1-3,5,7,9-11,15H2. The van der Waals surface area contributed by atoms with Crippen molar-refractivity contribution in [3.05, 3.63) is 29.8 Å². The van der Waals surface area contributed by atoms with Crippen molar-refractivity contribution in [1.82, 2.24) is 4.90 Å². The number of anilines is 1. The van der Waals surface area contributed by atoms with Gasteiger partial charge in [0.15, 0.2) is 0 Å². The maximum Gasteiger partial charge on any atom is 0.0316 e. The van der Waals surface area contributed by atoms with Crippen molar-refractivity contribution in [2.24, 2.45) is 0 Å². The molecule has 0 amide bonds. The van der Waals surface area contributed by atoms with E-state index in [0.717, 1.165) is 12.1 Å². The Kier molecular flexibility index (Phi) is 4.23. The number of nitrogen functional groups attached to an aromatic ring is 1. The van der Waals surface area contributed by atoms with E-state index in [1.165, 1.54) is 50.9 Å². The van der Waals surface area contributed by atoms with Crippen LogP contribution in [0, 0.1) is 0 Å². The Balaban J connectivity index is 1.71. The molecule has 0 saturated carbocycles. The zero-order valence-corrected chi connectivity index (χ0v) is 9.99. The van der Waals surface area contributed by atoms with Gasteiger partial charge in [-0.1, -0.05) is 18.6 Å². The van der Waals surface area contributed by atoms with Gasteiger partial charge in [-0.05, 0) is 63.0 Å². The molecule has 0 aromatic heterocycles. The van der Waals surface area contributed by atoms with Gasteiger partial charge in [-0.3, -0.25) is 0 Å².